The van der Waals surface area contributed by atoms with E-state index in [0.29, 0.717) is 42.6 Å². The van der Waals surface area contributed by atoms with Gasteiger partial charge in [-0.05, 0) is 37.6 Å². The van der Waals surface area contributed by atoms with Gasteiger partial charge in [-0.15, -0.1) is 0 Å². The van der Waals surface area contributed by atoms with Gasteiger partial charge in [0.15, 0.2) is 11.5 Å². The van der Waals surface area contributed by atoms with Gasteiger partial charge >= 0.3 is 0 Å². The van der Waals surface area contributed by atoms with Crippen LogP contribution >= 0.6 is 0 Å². The fourth-order valence-electron chi connectivity index (χ4n) is 3.63. The van der Waals surface area contributed by atoms with Gasteiger partial charge in [0.25, 0.3) is 5.91 Å². The Bertz CT molecular complexity index is 1020. The number of ether oxygens (including phenoxy) is 4. The first kappa shape index (κ1) is 23.4. The predicted molar refractivity (Wildman–Crippen MR) is 123 cm³/mol. The topological polar surface area (TPSA) is 83.8 Å². The molecule has 0 aliphatic carbocycles. The van der Waals surface area contributed by atoms with E-state index in [0.717, 1.165) is 36.2 Å². The molecule has 0 bridgehead atoms. The van der Waals surface area contributed by atoms with E-state index >= 15 is 0 Å². The molecule has 0 aliphatic heterocycles. The second kappa shape index (κ2) is 11.4. The summed E-state index contributed by atoms with van der Waals surface area (Å²) in [6, 6.07) is 11.4. The molecular weight excluding hydrogens is 410 g/mol. The lowest BCUT2D eigenvalue weighted by Crippen LogP contribution is -2.25. The van der Waals surface area contributed by atoms with Crippen LogP contribution in [0.1, 0.15) is 29.5 Å². The minimum atomic E-state index is -0.200. The van der Waals surface area contributed by atoms with E-state index in [1.165, 1.54) is 21.3 Å². The van der Waals surface area contributed by atoms with Crippen LogP contribution in [0.3, 0.4) is 0 Å². The molecule has 0 spiro atoms. The Kier molecular flexibility index (Phi) is 8.33. The third-order valence-electron chi connectivity index (χ3n) is 5.19. The summed E-state index contributed by atoms with van der Waals surface area (Å²) in [4.78, 5) is 17.5. The van der Waals surface area contributed by atoms with Gasteiger partial charge in [-0.1, -0.05) is 12.1 Å². The third kappa shape index (κ3) is 5.31. The zero-order valence-corrected chi connectivity index (χ0v) is 19.1. The van der Waals surface area contributed by atoms with Gasteiger partial charge in [-0.2, -0.15) is 0 Å². The van der Waals surface area contributed by atoms with E-state index in [9.17, 15) is 4.79 Å². The maximum Gasteiger partial charge on any atom is 0.251 e. The normalized spacial score (nSPS) is 10.9. The molecule has 3 rings (SSSR count). The van der Waals surface area contributed by atoms with Gasteiger partial charge in [0, 0.05) is 31.7 Å². The third-order valence-corrected chi connectivity index (χ3v) is 5.19. The van der Waals surface area contributed by atoms with Crippen molar-refractivity contribution in [2.45, 2.75) is 26.3 Å². The highest BCUT2D eigenvalue weighted by molar-refractivity contribution is 5.95. The molecule has 2 aromatic carbocycles. The maximum atomic E-state index is 12.7. The summed E-state index contributed by atoms with van der Waals surface area (Å²) in [5.41, 5.74) is 2.52. The largest absolute Gasteiger partial charge is 0.493 e. The molecule has 1 N–H and O–H groups in total. The zero-order chi connectivity index (χ0) is 22.9. The summed E-state index contributed by atoms with van der Waals surface area (Å²) in [7, 11) is 4.58. The first-order chi connectivity index (χ1) is 15.6. The number of nitrogens with one attached hydrogen (secondary N) is 1. The smallest absolute Gasteiger partial charge is 0.251 e. The molecule has 0 saturated carbocycles. The van der Waals surface area contributed by atoms with Crippen LogP contribution in [0.25, 0.3) is 11.0 Å². The van der Waals surface area contributed by atoms with E-state index < -0.39 is 0 Å². The Hall–Kier alpha value is -3.26. The molecule has 172 valence electrons. The molecule has 1 amide bonds. The SMILES string of the molecule is CCOCCn1c(CCCNC(=O)c2cc(OC)c(OC)c(OC)c2)nc2ccccc21. The Labute approximate surface area is 188 Å². The van der Waals surface area contributed by atoms with E-state index in [-0.39, 0.29) is 5.91 Å². The summed E-state index contributed by atoms with van der Waals surface area (Å²) in [5.74, 6) is 2.14. The average molecular weight is 442 g/mol. The Morgan fingerprint density at radius 1 is 1.06 bits per heavy atom. The van der Waals surface area contributed by atoms with Crippen molar-refractivity contribution in [3.05, 3.63) is 47.8 Å². The van der Waals surface area contributed by atoms with E-state index in [4.69, 9.17) is 23.9 Å². The van der Waals surface area contributed by atoms with Gasteiger partial charge in [0.1, 0.15) is 5.82 Å². The molecule has 8 nitrogen and oxygen atoms in total. The Balaban J connectivity index is 1.63. The van der Waals surface area contributed by atoms with Crippen molar-refractivity contribution in [3.8, 4) is 17.2 Å². The first-order valence-corrected chi connectivity index (χ1v) is 10.7. The van der Waals surface area contributed by atoms with E-state index in [2.05, 4.69) is 16.0 Å². The number of carbonyl (C=O) groups excluding carboxylic acids is 1. The molecule has 0 atom stereocenters. The summed E-state index contributed by atoms with van der Waals surface area (Å²) < 4.78 is 23.7. The number of hydrogen-bond acceptors (Lipinski definition) is 6. The van der Waals surface area contributed by atoms with Gasteiger partial charge < -0.3 is 28.8 Å². The molecule has 1 aromatic heterocycles. The van der Waals surface area contributed by atoms with Gasteiger partial charge in [-0.25, -0.2) is 4.98 Å². The molecule has 0 saturated heterocycles. The molecule has 8 heteroatoms. The number of aryl methyl sites for hydroxylation is 1. The van der Waals surface area contributed by atoms with Crippen molar-refractivity contribution < 1.29 is 23.7 Å². The lowest BCUT2D eigenvalue weighted by molar-refractivity contribution is 0.0952. The number of fused-ring (bicyclic) bond motifs is 1. The molecule has 3 aromatic rings. The van der Waals surface area contributed by atoms with Crippen molar-refractivity contribution in [1.29, 1.82) is 0 Å². The molecule has 0 unspecified atom stereocenters. The number of nitrogens with zero attached hydrogens (tertiary/aromatic N) is 2. The number of para-hydroxylation sites is 2. The molecule has 32 heavy (non-hydrogen) atoms. The van der Waals surface area contributed by atoms with Crippen LogP contribution in [0.5, 0.6) is 17.2 Å². The maximum absolute atomic E-state index is 12.7. The van der Waals surface area contributed by atoms with Crippen LogP contribution in [-0.2, 0) is 17.7 Å². The highest BCUT2D eigenvalue weighted by Crippen LogP contribution is 2.38. The molecule has 0 fully saturated rings. The number of methoxy groups -OCH3 is 3. The second-order valence-corrected chi connectivity index (χ2v) is 7.14. The van der Waals surface area contributed by atoms with Crippen LogP contribution < -0.4 is 19.5 Å². The van der Waals surface area contributed by atoms with Crippen LogP contribution in [-0.4, -0.2) is 56.5 Å². The second-order valence-electron chi connectivity index (χ2n) is 7.14. The van der Waals surface area contributed by atoms with Crippen LogP contribution in [0, 0.1) is 0 Å². The fraction of sp³-hybridized carbons (Fsp3) is 0.417. The first-order valence-electron chi connectivity index (χ1n) is 10.7. The number of carbonyl (C=O) groups is 1. The van der Waals surface area contributed by atoms with E-state index in [1.807, 2.05) is 25.1 Å². The van der Waals surface area contributed by atoms with Gasteiger partial charge in [-0.3, -0.25) is 4.79 Å². The predicted octanol–water partition coefficient (Wildman–Crippen LogP) is 3.46. The van der Waals surface area contributed by atoms with Crippen molar-refractivity contribution >= 4 is 16.9 Å². The minimum absolute atomic E-state index is 0.200. The Morgan fingerprint density at radius 3 is 2.44 bits per heavy atom. The van der Waals surface area contributed by atoms with Crippen molar-refractivity contribution in [3.63, 3.8) is 0 Å². The molecule has 0 radical (unpaired) electrons. The molecule has 1 heterocycles. The van der Waals surface area contributed by atoms with Crippen molar-refractivity contribution in [1.82, 2.24) is 14.9 Å². The van der Waals surface area contributed by atoms with E-state index in [1.54, 1.807) is 12.1 Å². The van der Waals surface area contributed by atoms with Gasteiger partial charge in [0.05, 0.1) is 39.0 Å². The van der Waals surface area contributed by atoms with Crippen LogP contribution in [0.2, 0.25) is 0 Å². The lowest BCUT2D eigenvalue weighted by atomic mass is 10.1. The molecular formula is C24H31N3O5. The quantitative estimate of drug-likeness (QED) is 0.434. The number of imidazole rings is 1. The number of aromatic nitrogens is 2. The van der Waals surface area contributed by atoms with Crippen LogP contribution in [0.4, 0.5) is 0 Å². The highest BCUT2D eigenvalue weighted by atomic mass is 16.5. The van der Waals surface area contributed by atoms with Gasteiger partial charge in [0.2, 0.25) is 5.75 Å². The number of amides is 1. The lowest BCUT2D eigenvalue weighted by Gasteiger charge is -2.14. The summed E-state index contributed by atoms with van der Waals surface area (Å²) in [6.07, 6.45) is 1.50. The summed E-state index contributed by atoms with van der Waals surface area (Å²) >= 11 is 0. The Morgan fingerprint density at radius 2 is 1.78 bits per heavy atom. The summed E-state index contributed by atoms with van der Waals surface area (Å²) in [6.45, 7) is 4.59. The molecule has 0 aliphatic rings. The highest BCUT2D eigenvalue weighted by Gasteiger charge is 2.17. The number of hydrogen-bond donors (Lipinski definition) is 1. The summed E-state index contributed by atoms with van der Waals surface area (Å²) in [5, 5.41) is 2.96. The fourth-order valence-corrected chi connectivity index (χ4v) is 3.63. The van der Waals surface area contributed by atoms with Crippen molar-refractivity contribution in [2.24, 2.45) is 0 Å². The van der Waals surface area contributed by atoms with Crippen LogP contribution in [0.15, 0.2) is 36.4 Å². The average Bonchev–Trinajstić information content (AvgIpc) is 3.18. The van der Waals surface area contributed by atoms with Crippen molar-refractivity contribution in [2.75, 3.05) is 41.1 Å². The number of benzene rings is 2. The standard InChI is InChI=1S/C24H31N3O5/c1-5-32-14-13-27-19-10-7-6-9-18(19)26-22(27)11-8-12-25-24(28)17-15-20(29-2)23(31-4)21(16-17)30-3/h6-7,9-10,15-16H,5,8,11-14H2,1-4H3,(H,25,28). The minimum Gasteiger partial charge on any atom is -0.493 e. The number of rotatable bonds is 12. The monoisotopic (exact) mass is 441 g/mol. The zero-order valence-electron chi connectivity index (χ0n) is 19.1.